The molecule has 0 unspecified atom stereocenters. The van der Waals surface area contributed by atoms with E-state index in [-0.39, 0.29) is 23.1 Å². The van der Waals surface area contributed by atoms with Gasteiger partial charge in [-0.15, -0.1) is 0 Å². The second-order valence-electron chi connectivity index (χ2n) is 6.24. The van der Waals surface area contributed by atoms with Crippen LogP contribution in [0.1, 0.15) is 40.7 Å². The number of ether oxygens (including phenoxy) is 1. The first-order valence-corrected chi connectivity index (χ1v) is 8.50. The second kappa shape index (κ2) is 7.23. The predicted molar refractivity (Wildman–Crippen MR) is 94.4 cm³/mol. The molecule has 2 aromatic rings. The van der Waals surface area contributed by atoms with E-state index in [1.807, 2.05) is 6.92 Å². The summed E-state index contributed by atoms with van der Waals surface area (Å²) in [6, 6.07) is 7.71. The van der Waals surface area contributed by atoms with Crippen molar-refractivity contribution in [2.24, 2.45) is 0 Å². The highest BCUT2D eigenvalue weighted by molar-refractivity contribution is 6.32. The molecule has 0 saturated heterocycles. The molecule has 0 saturated carbocycles. The van der Waals surface area contributed by atoms with Crippen molar-refractivity contribution in [3.8, 4) is 5.75 Å². The summed E-state index contributed by atoms with van der Waals surface area (Å²) in [4.78, 5) is 24.2. The van der Waals surface area contributed by atoms with E-state index in [2.05, 4.69) is 5.32 Å². The molecule has 0 heterocycles. The van der Waals surface area contributed by atoms with Crippen LogP contribution in [0.4, 0.5) is 18.9 Å². The molecule has 1 N–H and O–H groups in total. The maximum Gasteiger partial charge on any atom is 0.418 e. The summed E-state index contributed by atoms with van der Waals surface area (Å²) in [5.41, 5.74) is -0.306. The van der Waals surface area contributed by atoms with Gasteiger partial charge in [-0.25, -0.2) is 0 Å². The Hall–Kier alpha value is -2.54. The molecule has 27 heavy (non-hydrogen) atoms. The van der Waals surface area contributed by atoms with Crippen molar-refractivity contribution >= 4 is 29.0 Å². The third-order valence-electron chi connectivity index (χ3n) is 4.28. The summed E-state index contributed by atoms with van der Waals surface area (Å²) in [6.07, 6.45) is -4.30. The minimum atomic E-state index is -4.59. The number of ketones is 1. The van der Waals surface area contributed by atoms with Gasteiger partial charge in [0.05, 0.1) is 16.8 Å². The Morgan fingerprint density at radius 1 is 1.26 bits per heavy atom. The summed E-state index contributed by atoms with van der Waals surface area (Å²) < 4.78 is 44.4. The number of rotatable bonds is 4. The van der Waals surface area contributed by atoms with Gasteiger partial charge < -0.3 is 10.1 Å². The van der Waals surface area contributed by atoms with Gasteiger partial charge in [0.2, 0.25) is 0 Å². The second-order valence-corrected chi connectivity index (χ2v) is 6.65. The number of fused-ring (bicyclic) bond motifs is 1. The molecule has 0 aliphatic heterocycles. The molecule has 1 aliphatic carbocycles. The molecule has 2 aromatic carbocycles. The molecule has 1 aliphatic rings. The van der Waals surface area contributed by atoms with E-state index < -0.39 is 24.3 Å². The first-order valence-electron chi connectivity index (χ1n) is 8.13. The van der Waals surface area contributed by atoms with Crippen LogP contribution in [-0.2, 0) is 11.0 Å². The van der Waals surface area contributed by atoms with E-state index >= 15 is 0 Å². The van der Waals surface area contributed by atoms with E-state index in [0.29, 0.717) is 22.6 Å². The zero-order valence-electron chi connectivity index (χ0n) is 14.2. The fraction of sp³-hybridized carbons (Fsp3) is 0.263. The molecular formula is C19H15ClF3NO3. The Bertz CT molecular complexity index is 912. The number of para-hydroxylation sites is 1. The molecule has 1 amide bonds. The maximum atomic E-state index is 13.0. The lowest BCUT2D eigenvalue weighted by Crippen LogP contribution is -2.22. The van der Waals surface area contributed by atoms with Gasteiger partial charge in [0, 0.05) is 11.4 Å². The number of nitrogens with one attached hydrogen (secondary N) is 1. The quantitative estimate of drug-likeness (QED) is 0.784. The van der Waals surface area contributed by atoms with Gasteiger partial charge in [-0.1, -0.05) is 30.7 Å². The summed E-state index contributed by atoms with van der Waals surface area (Å²) >= 11 is 6.14. The number of amides is 1. The van der Waals surface area contributed by atoms with E-state index in [0.717, 1.165) is 12.1 Å². The third kappa shape index (κ3) is 3.93. The molecular weight excluding hydrogens is 383 g/mol. The van der Waals surface area contributed by atoms with Gasteiger partial charge in [0.15, 0.2) is 12.4 Å². The average molecular weight is 398 g/mol. The van der Waals surface area contributed by atoms with Crippen molar-refractivity contribution in [2.45, 2.75) is 25.4 Å². The highest BCUT2D eigenvalue weighted by Crippen LogP contribution is 2.42. The number of carbonyl (C=O) groups excluding carboxylic acids is 2. The number of anilines is 1. The monoisotopic (exact) mass is 397 g/mol. The van der Waals surface area contributed by atoms with Gasteiger partial charge in [-0.05, 0) is 35.7 Å². The zero-order valence-corrected chi connectivity index (χ0v) is 14.9. The standard InChI is InChI=1S/C19H15ClF3NO3/c1-10-8-14(25)18-15(7-6-12(20)17(10)18)27-9-16(26)24-13-5-3-2-4-11(13)19(21,22)23/h2-7,10H,8-9H2,1H3,(H,24,26)/t10-/m1/s1. The van der Waals surface area contributed by atoms with Crippen LogP contribution in [0.2, 0.25) is 5.02 Å². The molecule has 142 valence electrons. The molecule has 0 spiro atoms. The number of alkyl halides is 3. The van der Waals surface area contributed by atoms with Crippen LogP contribution in [-0.4, -0.2) is 18.3 Å². The van der Waals surface area contributed by atoms with Gasteiger partial charge >= 0.3 is 6.18 Å². The van der Waals surface area contributed by atoms with Crippen LogP contribution in [0.5, 0.6) is 5.75 Å². The van der Waals surface area contributed by atoms with Crippen molar-refractivity contribution in [2.75, 3.05) is 11.9 Å². The number of hydrogen-bond donors (Lipinski definition) is 1. The minimum absolute atomic E-state index is 0.0592. The number of carbonyl (C=O) groups is 2. The Morgan fingerprint density at radius 2 is 1.96 bits per heavy atom. The lowest BCUT2D eigenvalue weighted by molar-refractivity contribution is -0.137. The number of Topliss-reactive ketones (excluding diaryl/α,β-unsaturated/α-hetero) is 1. The largest absolute Gasteiger partial charge is 0.483 e. The molecule has 4 nitrogen and oxygen atoms in total. The molecule has 0 fully saturated rings. The van der Waals surface area contributed by atoms with Crippen LogP contribution in [0.25, 0.3) is 0 Å². The van der Waals surface area contributed by atoms with Crippen LogP contribution >= 0.6 is 11.6 Å². The molecule has 8 heteroatoms. The Balaban J connectivity index is 1.75. The van der Waals surface area contributed by atoms with Gasteiger partial charge in [0.25, 0.3) is 5.91 Å². The molecule has 3 rings (SSSR count). The average Bonchev–Trinajstić information content (AvgIpc) is 2.89. The van der Waals surface area contributed by atoms with Gasteiger partial charge in [-0.2, -0.15) is 13.2 Å². The molecule has 0 radical (unpaired) electrons. The zero-order chi connectivity index (χ0) is 19.8. The number of benzene rings is 2. The van der Waals surface area contributed by atoms with Gasteiger partial charge in [0.1, 0.15) is 5.75 Å². The first kappa shape index (κ1) is 19.2. The van der Waals surface area contributed by atoms with Crippen LogP contribution in [0, 0.1) is 0 Å². The molecule has 0 bridgehead atoms. The fourth-order valence-electron chi connectivity index (χ4n) is 3.11. The lowest BCUT2D eigenvalue weighted by Gasteiger charge is -2.15. The van der Waals surface area contributed by atoms with Crippen LogP contribution in [0.15, 0.2) is 36.4 Å². The van der Waals surface area contributed by atoms with E-state index in [9.17, 15) is 22.8 Å². The van der Waals surface area contributed by atoms with E-state index in [1.54, 1.807) is 6.07 Å². The first-order chi connectivity index (χ1) is 12.7. The van der Waals surface area contributed by atoms with Crippen molar-refractivity contribution in [3.05, 3.63) is 58.1 Å². The Labute approximate surface area is 158 Å². The predicted octanol–water partition coefficient (Wildman–Crippen LogP) is 5.07. The number of hydrogen-bond acceptors (Lipinski definition) is 3. The normalized spacial score (nSPS) is 16.2. The smallest absolute Gasteiger partial charge is 0.418 e. The topological polar surface area (TPSA) is 55.4 Å². The summed E-state index contributed by atoms with van der Waals surface area (Å²) in [5, 5.41) is 2.64. The lowest BCUT2D eigenvalue weighted by atomic mass is 10.0. The Morgan fingerprint density at radius 3 is 2.67 bits per heavy atom. The highest BCUT2D eigenvalue weighted by atomic mass is 35.5. The summed E-state index contributed by atoms with van der Waals surface area (Å²) in [7, 11) is 0. The minimum Gasteiger partial charge on any atom is -0.483 e. The van der Waals surface area contributed by atoms with Crippen LogP contribution < -0.4 is 10.1 Å². The van der Waals surface area contributed by atoms with Crippen molar-refractivity contribution < 1.29 is 27.5 Å². The van der Waals surface area contributed by atoms with Gasteiger partial charge in [-0.3, -0.25) is 9.59 Å². The molecule has 1 atom stereocenters. The van der Waals surface area contributed by atoms with Crippen molar-refractivity contribution in [3.63, 3.8) is 0 Å². The fourth-order valence-corrected chi connectivity index (χ4v) is 3.46. The number of halogens is 4. The van der Waals surface area contributed by atoms with Crippen molar-refractivity contribution in [1.82, 2.24) is 0 Å². The van der Waals surface area contributed by atoms with E-state index in [1.165, 1.54) is 18.2 Å². The highest BCUT2D eigenvalue weighted by Gasteiger charge is 2.34. The SMILES string of the molecule is C[C@@H]1CC(=O)c2c(OCC(=O)Nc3ccccc3C(F)(F)F)ccc(Cl)c21. The Kier molecular flexibility index (Phi) is 5.15. The third-order valence-corrected chi connectivity index (χ3v) is 4.61. The summed E-state index contributed by atoms with van der Waals surface area (Å²) in [5.74, 6) is -0.772. The summed E-state index contributed by atoms with van der Waals surface area (Å²) in [6.45, 7) is 1.32. The molecule has 0 aromatic heterocycles. The maximum absolute atomic E-state index is 13.0. The van der Waals surface area contributed by atoms with Crippen molar-refractivity contribution in [1.29, 1.82) is 0 Å². The van der Waals surface area contributed by atoms with E-state index in [4.69, 9.17) is 16.3 Å². The van der Waals surface area contributed by atoms with Crippen LogP contribution in [0.3, 0.4) is 0 Å².